The summed E-state index contributed by atoms with van der Waals surface area (Å²) in [5.41, 5.74) is -0.345. The van der Waals surface area contributed by atoms with Gasteiger partial charge in [-0.05, 0) is 24.3 Å². The van der Waals surface area contributed by atoms with Gasteiger partial charge < -0.3 is 14.7 Å². The standard InChI is InChI=1S/C18H19N3O2S/c1-3-12-21-17(20-16-6-4-5-11-19-16)24-13-18(21,22)14-7-9-15(23-2)10-8-14/h3-11,22H,1,12-13H2,2H3. The molecule has 0 saturated carbocycles. The Hall–Kier alpha value is -2.31. The van der Waals surface area contributed by atoms with Crippen LogP contribution >= 0.6 is 11.8 Å². The molecule has 124 valence electrons. The van der Waals surface area contributed by atoms with E-state index in [9.17, 15) is 5.11 Å². The van der Waals surface area contributed by atoms with Crippen molar-refractivity contribution in [2.24, 2.45) is 4.99 Å². The Morgan fingerprint density at radius 2 is 2.17 bits per heavy atom. The molecule has 0 bridgehead atoms. The van der Waals surface area contributed by atoms with Crippen LogP contribution in [0.3, 0.4) is 0 Å². The zero-order chi connectivity index (χ0) is 17.0. The number of aliphatic imine (C=N–C) groups is 1. The minimum atomic E-state index is -1.14. The van der Waals surface area contributed by atoms with Crippen molar-refractivity contribution in [3.8, 4) is 5.75 Å². The van der Waals surface area contributed by atoms with E-state index in [4.69, 9.17) is 4.74 Å². The molecule has 0 amide bonds. The molecule has 6 heteroatoms. The number of ether oxygens (including phenoxy) is 1. The van der Waals surface area contributed by atoms with Gasteiger partial charge in [0.1, 0.15) is 5.75 Å². The van der Waals surface area contributed by atoms with E-state index in [-0.39, 0.29) is 0 Å². The predicted molar refractivity (Wildman–Crippen MR) is 97.6 cm³/mol. The lowest BCUT2D eigenvalue weighted by Gasteiger charge is -2.33. The molecule has 1 aliphatic rings. The lowest BCUT2D eigenvalue weighted by Crippen LogP contribution is -2.45. The summed E-state index contributed by atoms with van der Waals surface area (Å²) in [5, 5.41) is 12.0. The Morgan fingerprint density at radius 3 is 2.79 bits per heavy atom. The van der Waals surface area contributed by atoms with E-state index >= 15 is 0 Å². The maximum absolute atomic E-state index is 11.3. The fourth-order valence-electron chi connectivity index (χ4n) is 2.55. The highest BCUT2D eigenvalue weighted by Crippen LogP contribution is 2.40. The molecule has 1 fully saturated rings. The average Bonchev–Trinajstić information content (AvgIpc) is 2.94. The first-order valence-electron chi connectivity index (χ1n) is 7.55. The molecule has 2 aromatic rings. The minimum Gasteiger partial charge on any atom is -0.497 e. The Kier molecular flexibility index (Phi) is 4.87. The number of aromatic nitrogens is 1. The van der Waals surface area contributed by atoms with Crippen LogP contribution in [0.5, 0.6) is 5.75 Å². The van der Waals surface area contributed by atoms with Crippen LogP contribution in [0.2, 0.25) is 0 Å². The molecule has 3 rings (SSSR count). The number of methoxy groups -OCH3 is 1. The molecule has 2 heterocycles. The highest BCUT2D eigenvalue weighted by Gasteiger charge is 2.44. The fraction of sp³-hybridized carbons (Fsp3) is 0.222. The molecule has 0 aliphatic carbocycles. The van der Waals surface area contributed by atoms with Gasteiger partial charge in [0.05, 0.1) is 12.9 Å². The first-order chi connectivity index (χ1) is 11.7. The van der Waals surface area contributed by atoms with Crippen molar-refractivity contribution in [2.75, 3.05) is 19.4 Å². The van der Waals surface area contributed by atoms with Gasteiger partial charge in [0.25, 0.3) is 0 Å². The normalized spacial score (nSPS) is 21.9. The molecule has 5 nitrogen and oxygen atoms in total. The van der Waals surface area contributed by atoms with Gasteiger partial charge in [-0.3, -0.25) is 0 Å². The summed E-state index contributed by atoms with van der Waals surface area (Å²) in [7, 11) is 1.62. The Morgan fingerprint density at radius 1 is 1.38 bits per heavy atom. The van der Waals surface area contributed by atoms with E-state index in [1.165, 1.54) is 11.8 Å². The second kappa shape index (κ2) is 7.07. The van der Waals surface area contributed by atoms with Crippen LogP contribution in [0, 0.1) is 0 Å². The molecule has 0 radical (unpaired) electrons. The van der Waals surface area contributed by atoms with E-state index < -0.39 is 5.72 Å². The minimum absolute atomic E-state index is 0.485. The van der Waals surface area contributed by atoms with Gasteiger partial charge in [-0.25, -0.2) is 9.98 Å². The third-order valence-corrected chi connectivity index (χ3v) is 4.92. The summed E-state index contributed by atoms with van der Waals surface area (Å²) in [4.78, 5) is 10.7. The van der Waals surface area contributed by atoms with Crippen LogP contribution in [-0.2, 0) is 5.72 Å². The topological polar surface area (TPSA) is 58.0 Å². The SMILES string of the molecule is C=CCN1C(=Nc2ccccn2)SCC1(O)c1ccc(OC)cc1. The monoisotopic (exact) mass is 341 g/mol. The lowest BCUT2D eigenvalue weighted by molar-refractivity contribution is -0.0422. The van der Waals surface area contributed by atoms with Gasteiger partial charge >= 0.3 is 0 Å². The smallest absolute Gasteiger partial charge is 0.175 e. The van der Waals surface area contributed by atoms with Crippen molar-refractivity contribution in [2.45, 2.75) is 5.72 Å². The van der Waals surface area contributed by atoms with Crippen molar-refractivity contribution in [3.63, 3.8) is 0 Å². The molecule has 1 aromatic heterocycles. The van der Waals surface area contributed by atoms with E-state index in [1.807, 2.05) is 47.4 Å². The molecule has 0 spiro atoms. The quantitative estimate of drug-likeness (QED) is 0.847. The molecule has 1 saturated heterocycles. The molecule has 1 atom stereocenters. The van der Waals surface area contributed by atoms with Gasteiger partial charge in [0.2, 0.25) is 0 Å². The lowest BCUT2D eigenvalue weighted by atomic mass is 10.0. The van der Waals surface area contributed by atoms with Crippen molar-refractivity contribution >= 4 is 22.7 Å². The van der Waals surface area contributed by atoms with Crippen LogP contribution in [0.1, 0.15) is 5.56 Å². The number of amidine groups is 1. The Bertz CT molecular complexity index is 734. The van der Waals surface area contributed by atoms with Crippen LogP contribution in [0.25, 0.3) is 0 Å². The van der Waals surface area contributed by atoms with E-state index in [0.717, 1.165) is 16.5 Å². The van der Waals surface area contributed by atoms with Crippen molar-refractivity contribution in [3.05, 3.63) is 66.9 Å². The second-order valence-corrected chi connectivity index (χ2v) is 6.26. The van der Waals surface area contributed by atoms with Crippen molar-refractivity contribution in [1.82, 2.24) is 9.88 Å². The maximum atomic E-state index is 11.3. The molecular weight excluding hydrogens is 322 g/mol. The van der Waals surface area contributed by atoms with Crippen molar-refractivity contribution in [1.29, 1.82) is 0 Å². The molecule has 1 unspecified atom stereocenters. The van der Waals surface area contributed by atoms with Gasteiger partial charge in [0.15, 0.2) is 16.7 Å². The summed E-state index contributed by atoms with van der Waals surface area (Å²) in [6, 6.07) is 13.0. The number of thioether (sulfide) groups is 1. The van der Waals surface area contributed by atoms with Gasteiger partial charge in [-0.2, -0.15) is 0 Å². The zero-order valence-electron chi connectivity index (χ0n) is 13.4. The average molecular weight is 341 g/mol. The van der Waals surface area contributed by atoms with E-state index in [0.29, 0.717) is 18.1 Å². The number of hydrogen-bond donors (Lipinski definition) is 1. The van der Waals surface area contributed by atoms with Crippen molar-refractivity contribution < 1.29 is 9.84 Å². The number of benzene rings is 1. The summed E-state index contributed by atoms with van der Waals surface area (Å²) >= 11 is 1.50. The first-order valence-corrected chi connectivity index (χ1v) is 8.54. The Balaban J connectivity index is 1.95. The summed E-state index contributed by atoms with van der Waals surface area (Å²) in [5.74, 6) is 1.86. The third-order valence-electron chi connectivity index (χ3n) is 3.80. The molecule has 1 aromatic carbocycles. The number of nitrogens with zero attached hydrogens (tertiary/aromatic N) is 3. The fourth-order valence-corrected chi connectivity index (χ4v) is 3.74. The number of rotatable bonds is 5. The molecule has 24 heavy (non-hydrogen) atoms. The second-order valence-electron chi connectivity index (χ2n) is 5.32. The summed E-state index contributed by atoms with van der Waals surface area (Å²) < 4.78 is 5.19. The zero-order valence-corrected chi connectivity index (χ0v) is 14.2. The van der Waals surface area contributed by atoms with Gasteiger partial charge in [-0.1, -0.05) is 36.0 Å². The predicted octanol–water partition coefficient (Wildman–Crippen LogP) is 3.16. The van der Waals surface area contributed by atoms with Crippen LogP contribution < -0.4 is 4.74 Å². The molecule has 1 N–H and O–H groups in total. The van der Waals surface area contributed by atoms with Crippen LogP contribution in [0.4, 0.5) is 5.82 Å². The highest BCUT2D eigenvalue weighted by atomic mass is 32.2. The van der Waals surface area contributed by atoms with Crippen LogP contribution in [-0.4, -0.2) is 39.6 Å². The summed E-state index contributed by atoms with van der Waals surface area (Å²) in [6.45, 7) is 4.29. The third kappa shape index (κ3) is 3.16. The van der Waals surface area contributed by atoms with Gasteiger partial charge in [0, 0.05) is 18.3 Å². The Labute approximate surface area is 145 Å². The summed E-state index contributed by atoms with van der Waals surface area (Å²) in [6.07, 6.45) is 3.46. The van der Waals surface area contributed by atoms with E-state index in [2.05, 4.69) is 16.6 Å². The number of pyridine rings is 1. The van der Waals surface area contributed by atoms with E-state index in [1.54, 1.807) is 19.4 Å². The molecule has 1 aliphatic heterocycles. The van der Waals surface area contributed by atoms with Gasteiger partial charge in [-0.15, -0.1) is 6.58 Å². The van der Waals surface area contributed by atoms with Crippen LogP contribution in [0.15, 0.2) is 66.3 Å². The maximum Gasteiger partial charge on any atom is 0.175 e. The number of hydrogen-bond acceptors (Lipinski definition) is 5. The molecular formula is C18H19N3O2S. The number of aliphatic hydroxyl groups is 1. The largest absolute Gasteiger partial charge is 0.497 e. The first kappa shape index (κ1) is 16.5. The highest BCUT2D eigenvalue weighted by molar-refractivity contribution is 8.14.